The van der Waals surface area contributed by atoms with Crippen LogP contribution in [0.4, 0.5) is 0 Å². The minimum Gasteiger partial charge on any atom is -0.478 e. The molecular weight excluding hydrogens is 320 g/mol. The molecule has 3 atom stereocenters. The fraction of sp³-hybridized carbons (Fsp3) is 0.400. The second kappa shape index (κ2) is 6.39. The van der Waals surface area contributed by atoms with Crippen LogP contribution in [0.25, 0.3) is 0 Å². The number of carboxylic acids is 1. The van der Waals surface area contributed by atoms with Crippen LogP contribution in [0.2, 0.25) is 0 Å². The Labute approximate surface area is 146 Å². The maximum atomic E-state index is 12.2. The van der Waals surface area contributed by atoms with Crippen molar-refractivity contribution < 1.29 is 23.8 Å². The lowest BCUT2D eigenvalue weighted by Crippen LogP contribution is -2.19. The van der Waals surface area contributed by atoms with E-state index in [0.29, 0.717) is 36.4 Å². The summed E-state index contributed by atoms with van der Waals surface area (Å²) >= 11 is 0. The summed E-state index contributed by atoms with van der Waals surface area (Å²) in [6.07, 6.45) is 3.03. The molecule has 5 heteroatoms. The molecule has 0 saturated carbocycles. The number of carboxylic acid groups (broad SMARTS) is 1. The zero-order chi connectivity index (χ0) is 18.3. The molecule has 1 N–H and O–H groups in total. The minimum atomic E-state index is -1.03. The highest BCUT2D eigenvalue weighted by molar-refractivity contribution is 5.91. The number of hydrogen-bond donors (Lipinski definition) is 1. The van der Waals surface area contributed by atoms with E-state index < -0.39 is 18.0 Å². The van der Waals surface area contributed by atoms with Gasteiger partial charge in [-0.05, 0) is 44.7 Å². The van der Waals surface area contributed by atoms with Gasteiger partial charge in [-0.25, -0.2) is 9.59 Å². The van der Waals surface area contributed by atoms with E-state index in [1.54, 1.807) is 0 Å². The summed E-state index contributed by atoms with van der Waals surface area (Å²) in [4.78, 5) is 23.8. The van der Waals surface area contributed by atoms with Crippen molar-refractivity contribution in [2.75, 3.05) is 0 Å². The van der Waals surface area contributed by atoms with Gasteiger partial charge in [0, 0.05) is 12.0 Å². The first-order valence-corrected chi connectivity index (χ1v) is 8.36. The van der Waals surface area contributed by atoms with Crippen LogP contribution in [0.5, 0.6) is 0 Å². The highest BCUT2D eigenvalue weighted by Crippen LogP contribution is 2.39. The molecule has 1 aromatic heterocycles. The van der Waals surface area contributed by atoms with Gasteiger partial charge in [0.2, 0.25) is 0 Å². The minimum absolute atomic E-state index is 0.0335. The number of fused-ring (bicyclic) bond motifs is 3. The monoisotopic (exact) mass is 342 g/mol. The van der Waals surface area contributed by atoms with Crippen LogP contribution in [-0.4, -0.2) is 23.1 Å². The van der Waals surface area contributed by atoms with Crippen LogP contribution in [-0.2, 0) is 16.0 Å². The molecule has 0 aliphatic carbocycles. The second-order valence-corrected chi connectivity index (χ2v) is 6.96. The fourth-order valence-electron chi connectivity index (χ4n) is 3.55. The third-order valence-electron chi connectivity index (χ3n) is 4.99. The molecule has 1 unspecified atom stereocenters. The van der Waals surface area contributed by atoms with Gasteiger partial charge in [0.15, 0.2) is 0 Å². The summed E-state index contributed by atoms with van der Waals surface area (Å²) in [6, 6.07) is 1.54. The van der Waals surface area contributed by atoms with Gasteiger partial charge in [0.1, 0.15) is 23.2 Å². The lowest BCUT2D eigenvalue weighted by molar-refractivity contribution is -0.140. The van der Waals surface area contributed by atoms with E-state index in [-0.39, 0.29) is 17.5 Å². The summed E-state index contributed by atoms with van der Waals surface area (Å²) in [5.74, 6) is -0.792. The molecule has 25 heavy (non-hydrogen) atoms. The van der Waals surface area contributed by atoms with E-state index in [1.165, 1.54) is 6.07 Å². The Hall–Kier alpha value is -2.56. The first kappa shape index (κ1) is 17.3. The van der Waals surface area contributed by atoms with E-state index in [9.17, 15) is 14.7 Å². The Morgan fingerprint density at radius 3 is 2.60 bits per heavy atom. The van der Waals surface area contributed by atoms with Gasteiger partial charge in [0.05, 0.1) is 5.92 Å². The van der Waals surface area contributed by atoms with Crippen LogP contribution in [0, 0.1) is 5.92 Å². The van der Waals surface area contributed by atoms with Crippen molar-refractivity contribution in [3.8, 4) is 0 Å². The van der Waals surface area contributed by atoms with Crippen molar-refractivity contribution in [2.45, 2.75) is 45.1 Å². The van der Waals surface area contributed by atoms with E-state index >= 15 is 0 Å². The number of furan rings is 1. The quantitative estimate of drug-likeness (QED) is 0.663. The normalized spacial score (nSPS) is 25.6. The standard InChI is InChI=1S/C20H22O5/c1-10(2)12-5-6-13-8-16(25-20(13)23)18(11(3)4)17-9-14(19(21)22)15(7-12)24-17/h8-9,12,16,18H,1,3,5-7H2,2,4H3,(H,21,22)/t12?,16-,18-/m1/s1. The first-order valence-electron chi connectivity index (χ1n) is 8.36. The molecule has 0 saturated heterocycles. The Kier molecular flexibility index (Phi) is 4.41. The van der Waals surface area contributed by atoms with Crippen LogP contribution in [0.3, 0.4) is 0 Å². The third kappa shape index (κ3) is 3.18. The average Bonchev–Trinajstić information content (AvgIpc) is 3.05. The summed E-state index contributed by atoms with van der Waals surface area (Å²) in [5.41, 5.74) is 2.51. The first-order chi connectivity index (χ1) is 11.8. The van der Waals surface area contributed by atoms with Gasteiger partial charge in [-0.15, -0.1) is 0 Å². The Morgan fingerprint density at radius 2 is 2.00 bits per heavy atom. The van der Waals surface area contributed by atoms with Crippen molar-refractivity contribution in [3.05, 3.63) is 59.1 Å². The summed E-state index contributed by atoms with van der Waals surface area (Å²) < 4.78 is 11.5. The van der Waals surface area contributed by atoms with Crippen LogP contribution in [0.15, 0.2) is 46.4 Å². The molecule has 0 spiro atoms. The molecule has 3 rings (SSSR count). The number of carbonyl (C=O) groups is 2. The molecular formula is C20H22O5. The predicted molar refractivity (Wildman–Crippen MR) is 92.4 cm³/mol. The maximum absolute atomic E-state index is 12.2. The van der Waals surface area contributed by atoms with Crippen LogP contribution in [0.1, 0.15) is 54.5 Å². The maximum Gasteiger partial charge on any atom is 0.339 e. The van der Waals surface area contributed by atoms with Crippen molar-refractivity contribution in [3.63, 3.8) is 0 Å². The summed E-state index contributed by atoms with van der Waals surface area (Å²) in [5, 5.41) is 9.54. The van der Waals surface area contributed by atoms with E-state index in [1.807, 2.05) is 19.9 Å². The molecule has 1 aromatic rings. The molecule has 4 bridgehead atoms. The number of ether oxygens (including phenoxy) is 1. The summed E-state index contributed by atoms with van der Waals surface area (Å²) in [6.45, 7) is 11.7. The van der Waals surface area contributed by atoms with E-state index in [0.717, 1.165) is 11.1 Å². The molecule has 2 aliphatic heterocycles. The molecule has 3 heterocycles. The molecule has 0 amide bonds. The van der Waals surface area contributed by atoms with Gasteiger partial charge in [-0.2, -0.15) is 0 Å². The van der Waals surface area contributed by atoms with Gasteiger partial charge in [-0.3, -0.25) is 0 Å². The molecule has 0 radical (unpaired) electrons. The topological polar surface area (TPSA) is 76.7 Å². The highest BCUT2D eigenvalue weighted by Gasteiger charge is 2.37. The van der Waals surface area contributed by atoms with Gasteiger partial charge < -0.3 is 14.3 Å². The Balaban J connectivity index is 2.14. The molecule has 2 aliphatic rings. The van der Waals surface area contributed by atoms with Crippen molar-refractivity contribution in [2.24, 2.45) is 5.92 Å². The second-order valence-electron chi connectivity index (χ2n) is 6.96. The van der Waals surface area contributed by atoms with Gasteiger partial charge >= 0.3 is 11.9 Å². The molecule has 0 fully saturated rings. The lowest BCUT2D eigenvalue weighted by Gasteiger charge is -2.20. The van der Waals surface area contributed by atoms with Crippen LogP contribution >= 0.6 is 0 Å². The SMILES string of the molecule is C=C(C)C1CCC2=C[C@@H](OC2=O)[C@@H](C(=C)C)c2cc(C(=O)O)c(o2)C1. The van der Waals surface area contributed by atoms with Crippen molar-refractivity contribution in [1.82, 2.24) is 0 Å². The molecule has 132 valence electrons. The number of rotatable bonds is 3. The Morgan fingerprint density at radius 1 is 1.28 bits per heavy atom. The van der Waals surface area contributed by atoms with Crippen LogP contribution < -0.4 is 0 Å². The molecule has 5 nitrogen and oxygen atoms in total. The zero-order valence-electron chi connectivity index (χ0n) is 14.5. The van der Waals surface area contributed by atoms with E-state index in [2.05, 4.69) is 13.2 Å². The number of carbonyl (C=O) groups excluding carboxylic acids is 1. The third-order valence-corrected chi connectivity index (χ3v) is 4.99. The van der Waals surface area contributed by atoms with E-state index in [4.69, 9.17) is 9.15 Å². The smallest absolute Gasteiger partial charge is 0.339 e. The van der Waals surface area contributed by atoms with Gasteiger partial charge in [-0.1, -0.05) is 24.3 Å². The molecule has 0 aromatic carbocycles. The number of allylic oxidation sites excluding steroid dienone is 1. The number of esters is 1. The van der Waals surface area contributed by atoms with Crippen molar-refractivity contribution >= 4 is 11.9 Å². The largest absolute Gasteiger partial charge is 0.478 e. The highest BCUT2D eigenvalue weighted by atomic mass is 16.5. The lowest BCUT2D eigenvalue weighted by atomic mass is 9.87. The Bertz CT molecular complexity index is 795. The summed E-state index contributed by atoms with van der Waals surface area (Å²) in [7, 11) is 0. The number of hydrogen-bond acceptors (Lipinski definition) is 4. The zero-order valence-corrected chi connectivity index (χ0v) is 14.5. The van der Waals surface area contributed by atoms with Gasteiger partial charge in [0.25, 0.3) is 0 Å². The fourth-order valence-corrected chi connectivity index (χ4v) is 3.55. The van der Waals surface area contributed by atoms with Crippen molar-refractivity contribution in [1.29, 1.82) is 0 Å². The average molecular weight is 342 g/mol. The number of aromatic carboxylic acids is 1. The predicted octanol–water partition coefficient (Wildman–Crippen LogP) is 4.02.